The summed E-state index contributed by atoms with van der Waals surface area (Å²) in [6, 6.07) is 6.33. The van der Waals surface area contributed by atoms with Gasteiger partial charge in [0, 0.05) is 18.2 Å². The van der Waals surface area contributed by atoms with Crippen molar-refractivity contribution in [2.24, 2.45) is 10.8 Å². The van der Waals surface area contributed by atoms with Crippen LogP contribution in [-0.4, -0.2) is 55.3 Å². The van der Waals surface area contributed by atoms with E-state index in [2.05, 4.69) is 15.2 Å². The molecule has 0 aromatic heterocycles. The minimum atomic E-state index is -4.43. The molecule has 166 valence electrons. The van der Waals surface area contributed by atoms with Gasteiger partial charge in [0.2, 0.25) is 5.91 Å². The van der Waals surface area contributed by atoms with E-state index in [1.807, 2.05) is 0 Å². The molecule has 1 aliphatic heterocycles. The molecule has 2 amide bonds. The van der Waals surface area contributed by atoms with Crippen LogP contribution in [0.5, 0.6) is 5.75 Å². The molecule has 1 aromatic carbocycles. The Hall–Kier alpha value is -3.50. The zero-order valence-electron chi connectivity index (χ0n) is 16.6. The second-order valence-electron chi connectivity index (χ2n) is 6.92. The predicted octanol–water partition coefficient (Wildman–Crippen LogP) is 2.57. The quantitative estimate of drug-likeness (QED) is 0.710. The molecule has 2 aliphatic rings. The number of alkyl halides is 3. The Morgan fingerprint density at radius 2 is 2.03 bits per heavy atom. The van der Waals surface area contributed by atoms with Crippen molar-refractivity contribution >= 4 is 23.4 Å². The minimum Gasteiger partial charge on any atom is -0.483 e. The average molecular weight is 438 g/mol. The summed E-state index contributed by atoms with van der Waals surface area (Å²) in [5.41, 5.74) is 6.98. The van der Waals surface area contributed by atoms with Crippen molar-refractivity contribution in [2.75, 3.05) is 20.3 Å². The average Bonchev–Trinajstić information content (AvgIpc) is 3.00. The van der Waals surface area contributed by atoms with Gasteiger partial charge in [0.1, 0.15) is 12.4 Å². The second kappa shape index (κ2) is 9.11. The molecule has 1 aromatic rings. The third kappa shape index (κ3) is 5.77. The summed E-state index contributed by atoms with van der Waals surface area (Å²) in [7, 11) is 1.74. The first-order valence-corrected chi connectivity index (χ1v) is 9.37. The fourth-order valence-corrected chi connectivity index (χ4v) is 3.30. The highest BCUT2D eigenvalue weighted by Crippen LogP contribution is 2.37. The molecule has 8 nitrogen and oxygen atoms in total. The molecule has 1 unspecified atom stereocenters. The van der Waals surface area contributed by atoms with E-state index >= 15 is 0 Å². The summed E-state index contributed by atoms with van der Waals surface area (Å²) in [6.07, 6.45) is -1.46. The molecule has 31 heavy (non-hydrogen) atoms. The van der Waals surface area contributed by atoms with Crippen LogP contribution in [0.4, 0.5) is 18.0 Å². The van der Waals surface area contributed by atoms with Crippen LogP contribution in [0.15, 0.2) is 47.1 Å². The number of nitrogens with one attached hydrogen (secondary N) is 1. The first-order valence-electron chi connectivity index (χ1n) is 9.37. The highest BCUT2D eigenvalue weighted by Gasteiger charge is 2.34. The summed E-state index contributed by atoms with van der Waals surface area (Å²) in [4.78, 5) is 22.6. The van der Waals surface area contributed by atoms with Gasteiger partial charge in [0.15, 0.2) is 12.4 Å². The SMILES string of the molecule is CN1N=C(NC(=O)CCOC(N)=O)C2=CC=C(c3ccccc3OCC(F)(F)F)CC21. The van der Waals surface area contributed by atoms with Gasteiger partial charge in [-0.25, -0.2) is 4.79 Å². The van der Waals surface area contributed by atoms with Crippen molar-refractivity contribution in [3.05, 3.63) is 47.6 Å². The number of rotatable bonds is 6. The van der Waals surface area contributed by atoms with Crippen molar-refractivity contribution in [2.45, 2.75) is 25.1 Å². The maximum atomic E-state index is 12.6. The first kappa shape index (κ1) is 22.2. The normalized spacial score (nSPS) is 17.9. The molecule has 0 fully saturated rings. The number of hydrazone groups is 1. The summed E-state index contributed by atoms with van der Waals surface area (Å²) >= 11 is 0. The maximum absolute atomic E-state index is 12.6. The predicted molar refractivity (Wildman–Crippen MR) is 106 cm³/mol. The number of halogens is 3. The molecule has 1 heterocycles. The lowest BCUT2D eigenvalue weighted by Crippen LogP contribution is -2.34. The number of allylic oxidation sites excluding steroid dienone is 2. The number of ether oxygens (including phenoxy) is 2. The molecule has 0 saturated carbocycles. The maximum Gasteiger partial charge on any atom is 0.422 e. The van der Waals surface area contributed by atoms with Gasteiger partial charge in [0.05, 0.1) is 12.5 Å². The fraction of sp³-hybridized carbons (Fsp3) is 0.350. The summed E-state index contributed by atoms with van der Waals surface area (Å²) in [5.74, 6) is 0.122. The number of carbonyl (C=O) groups excluding carboxylic acids is 2. The van der Waals surface area contributed by atoms with Gasteiger partial charge < -0.3 is 20.5 Å². The van der Waals surface area contributed by atoms with E-state index < -0.39 is 24.8 Å². The molecular weight excluding hydrogens is 417 g/mol. The molecule has 1 atom stereocenters. The molecule has 0 spiro atoms. The van der Waals surface area contributed by atoms with E-state index in [9.17, 15) is 22.8 Å². The highest BCUT2D eigenvalue weighted by molar-refractivity contribution is 6.10. The van der Waals surface area contributed by atoms with Crippen molar-refractivity contribution in [1.29, 1.82) is 0 Å². The van der Waals surface area contributed by atoms with Gasteiger partial charge in [-0.15, -0.1) is 0 Å². The Balaban J connectivity index is 1.73. The Morgan fingerprint density at radius 1 is 1.29 bits per heavy atom. The highest BCUT2D eigenvalue weighted by atomic mass is 19.4. The van der Waals surface area contributed by atoms with E-state index in [1.165, 1.54) is 6.07 Å². The topological polar surface area (TPSA) is 106 Å². The molecule has 0 saturated heterocycles. The van der Waals surface area contributed by atoms with Crippen LogP contribution in [-0.2, 0) is 9.53 Å². The molecule has 1 aliphatic carbocycles. The molecule has 11 heteroatoms. The first-order chi connectivity index (χ1) is 14.6. The Labute approximate surface area is 176 Å². The van der Waals surface area contributed by atoms with Crippen molar-refractivity contribution < 1.29 is 32.2 Å². The lowest BCUT2D eigenvalue weighted by molar-refractivity contribution is -0.153. The summed E-state index contributed by atoms with van der Waals surface area (Å²) in [5, 5.41) is 8.69. The van der Waals surface area contributed by atoms with E-state index in [0.29, 0.717) is 17.8 Å². The third-order valence-electron chi connectivity index (χ3n) is 4.67. The van der Waals surface area contributed by atoms with E-state index in [0.717, 1.165) is 11.1 Å². The molecular formula is C20H21F3N4O4. The number of amidine groups is 1. The number of hydrogen-bond acceptors (Lipinski definition) is 6. The van der Waals surface area contributed by atoms with Crippen LogP contribution in [0.25, 0.3) is 5.57 Å². The van der Waals surface area contributed by atoms with Crippen LogP contribution in [0.3, 0.4) is 0 Å². The van der Waals surface area contributed by atoms with Crippen molar-refractivity contribution in [3.8, 4) is 5.75 Å². The van der Waals surface area contributed by atoms with Gasteiger partial charge in [-0.1, -0.05) is 30.4 Å². The number of amides is 2. The van der Waals surface area contributed by atoms with E-state index in [4.69, 9.17) is 10.5 Å². The number of primary amides is 1. The third-order valence-corrected chi connectivity index (χ3v) is 4.67. The monoisotopic (exact) mass is 438 g/mol. The fourth-order valence-electron chi connectivity index (χ4n) is 3.30. The zero-order valence-corrected chi connectivity index (χ0v) is 16.6. The number of hydrogen-bond donors (Lipinski definition) is 2. The van der Waals surface area contributed by atoms with Crippen LogP contribution in [0.2, 0.25) is 0 Å². The lowest BCUT2D eigenvalue weighted by atomic mass is 9.89. The Morgan fingerprint density at radius 3 is 2.74 bits per heavy atom. The van der Waals surface area contributed by atoms with Gasteiger partial charge in [-0.2, -0.15) is 18.3 Å². The van der Waals surface area contributed by atoms with Gasteiger partial charge in [-0.3, -0.25) is 9.80 Å². The molecule has 0 bridgehead atoms. The largest absolute Gasteiger partial charge is 0.483 e. The van der Waals surface area contributed by atoms with E-state index in [-0.39, 0.29) is 24.8 Å². The number of fused-ring (bicyclic) bond motifs is 1. The van der Waals surface area contributed by atoms with Crippen LogP contribution in [0, 0.1) is 0 Å². The zero-order chi connectivity index (χ0) is 22.6. The second-order valence-corrected chi connectivity index (χ2v) is 6.92. The smallest absolute Gasteiger partial charge is 0.422 e. The van der Waals surface area contributed by atoms with Crippen LogP contribution >= 0.6 is 0 Å². The van der Waals surface area contributed by atoms with Gasteiger partial charge in [-0.05, 0) is 18.1 Å². The molecule has 0 radical (unpaired) electrons. The lowest BCUT2D eigenvalue weighted by Gasteiger charge is -2.25. The number of nitrogens with zero attached hydrogens (tertiary/aromatic N) is 2. The molecule has 3 rings (SSSR count). The number of benzene rings is 1. The minimum absolute atomic E-state index is 0.0748. The van der Waals surface area contributed by atoms with E-state index in [1.54, 1.807) is 42.4 Å². The molecule has 3 N–H and O–H groups in total. The number of nitrogens with two attached hydrogens (primary N) is 1. The van der Waals surface area contributed by atoms with Gasteiger partial charge in [0.25, 0.3) is 0 Å². The number of likely N-dealkylation sites (N-methyl/N-ethyl adjacent to an activating group) is 1. The standard InChI is InChI=1S/C20H21F3N4O4/c1-27-15-10-12(13-4-2-3-5-16(13)31-11-20(21,22)23)6-7-14(15)18(26-27)25-17(28)8-9-30-19(24)29/h2-7,15H,8-11H2,1H3,(H2,24,29)(H,25,26,28). The Kier molecular flexibility index (Phi) is 6.52. The van der Waals surface area contributed by atoms with Crippen LogP contribution < -0.4 is 15.8 Å². The van der Waals surface area contributed by atoms with Crippen molar-refractivity contribution in [3.63, 3.8) is 0 Å². The summed E-state index contributed by atoms with van der Waals surface area (Å²) in [6.45, 7) is -1.52. The Bertz CT molecular complexity index is 956. The number of carbonyl (C=O) groups is 2. The number of para-hydroxylation sites is 1. The van der Waals surface area contributed by atoms with Crippen molar-refractivity contribution in [1.82, 2.24) is 10.3 Å². The summed E-state index contributed by atoms with van der Waals surface area (Å²) < 4.78 is 47.2. The van der Waals surface area contributed by atoms with Gasteiger partial charge >= 0.3 is 12.3 Å². The van der Waals surface area contributed by atoms with Crippen LogP contribution in [0.1, 0.15) is 18.4 Å².